The molecule has 2 aromatic carbocycles. The number of pyridine rings is 1. The van der Waals surface area contributed by atoms with E-state index in [4.69, 9.17) is 16.3 Å². The van der Waals surface area contributed by atoms with Gasteiger partial charge in [0.15, 0.2) is 5.65 Å². The van der Waals surface area contributed by atoms with Crippen LogP contribution in [0, 0.1) is 0 Å². The molecule has 160 valence electrons. The molecule has 0 fully saturated rings. The van der Waals surface area contributed by atoms with Crippen LogP contribution in [-0.2, 0) is 23.1 Å². The van der Waals surface area contributed by atoms with Crippen LogP contribution in [0.5, 0.6) is 5.75 Å². The Morgan fingerprint density at radius 3 is 2.52 bits per heavy atom. The molecule has 0 unspecified atom stereocenters. The summed E-state index contributed by atoms with van der Waals surface area (Å²) >= 11 is 5.86. The van der Waals surface area contributed by atoms with Crippen LogP contribution in [0.25, 0.3) is 11.2 Å². The van der Waals surface area contributed by atoms with Gasteiger partial charge in [0.05, 0.1) is 24.6 Å². The van der Waals surface area contributed by atoms with Crippen molar-refractivity contribution in [2.75, 3.05) is 6.61 Å². The fourth-order valence-electron chi connectivity index (χ4n) is 3.20. The summed E-state index contributed by atoms with van der Waals surface area (Å²) in [6.07, 6.45) is 1.69. The van der Waals surface area contributed by atoms with Crippen LogP contribution in [0.3, 0.4) is 0 Å². The van der Waals surface area contributed by atoms with E-state index in [1.165, 1.54) is 12.1 Å². The summed E-state index contributed by atoms with van der Waals surface area (Å²) in [5, 5.41) is 0.474. The molecule has 0 saturated heterocycles. The van der Waals surface area contributed by atoms with Crippen molar-refractivity contribution < 1.29 is 13.2 Å². The molecule has 4 aromatic rings. The predicted octanol–water partition coefficient (Wildman–Crippen LogP) is 4.01. The SMILES string of the molecule is CCOc1ccc(Cn2c(CNS(=O)(=O)c3ccc(Cl)cc3)nc3cccnc32)cc1. The number of nitrogens with zero attached hydrogens (tertiary/aromatic N) is 3. The van der Waals surface area contributed by atoms with E-state index in [2.05, 4.69) is 14.7 Å². The third kappa shape index (κ3) is 4.87. The summed E-state index contributed by atoms with van der Waals surface area (Å²) < 4.78 is 35.4. The second-order valence-electron chi connectivity index (χ2n) is 6.82. The number of fused-ring (bicyclic) bond motifs is 1. The van der Waals surface area contributed by atoms with Crippen LogP contribution in [0.4, 0.5) is 0 Å². The lowest BCUT2D eigenvalue weighted by molar-refractivity contribution is 0.340. The van der Waals surface area contributed by atoms with Crippen LogP contribution < -0.4 is 9.46 Å². The van der Waals surface area contributed by atoms with Crippen molar-refractivity contribution in [1.82, 2.24) is 19.3 Å². The van der Waals surface area contributed by atoms with Crippen LogP contribution in [-0.4, -0.2) is 29.6 Å². The van der Waals surface area contributed by atoms with Gasteiger partial charge < -0.3 is 9.30 Å². The van der Waals surface area contributed by atoms with E-state index < -0.39 is 10.0 Å². The van der Waals surface area contributed by atoms with Crippen LogP contribution in [0.15, 0.2) is 71.8 Å². The Kier molecular flexibility index (Phi) is 6.22. The number of nitrogens with one attached hydrogen (secondary N) is 1. The first-order valence-corrected chi connectivity index (χ1v) is 11.6. The highest BCUT2D eigenvalue weighted by molar-refractivity contribution is 7.89. The molecular formula is C22H21ClN4O3S. The minimum Gasteiger partial charge on any atom is -0.494 e. The normalized spacial score (nSPS) is 11.7. The Labute approximate surface area is 185 Å². The maximum absolute atomic E-state index is 12.7. The molecule has 31 heavy (non-hydrogen) atoms. The van der Waals surface area contributed by atoms with Crippen molar-refractivity contribution in [3.63, 3.8) is 0 Å². The molecule has 9 heteroatoms. The molecule has 4 rings (SSSR count). The third-order valence-electron chi connectivity index (χ3n) is 4.70. The molecule has 0 atom stereocenters. The fourth-order valence-corrected chi connectivity index (χ4v) is 4.31. The molecule has 0 aliphatic rings. The maximum atomic E-state index is 12.7. The smallest absolute Gasteiger partial charge is 0.240 e. The molecule has 1 N–H and O–H groups in total. The van der Waals surface area contributed by atoms with Crippen LogP contribution in [0.1, 0.15) is 18.3 Å². The first kappa shape index (κ1) is 21.3. The minimum absolute atomic E-state index is 0.0261. The molecule has 0 aliphatic heterocycles. The van der Waals surface area contributed by atoms with Gasteiger partial charge in [-0.1, -0.05) is 23.7 Å². The predicted molar refractivity (Wildman–Crippen MR) is 120 cm³/mol. The average molecular weight is 457 g/mol. The monoisotopic (exact) mass is 456 g/mol. The molecular weight excluding hydrogens is 436 g/mol. The number of aromatic nitrogens is 3. The zero-order valence-corrected chi connectivity index (χ0v) is 18.4. The lowest BCUT2D eigenvalue weighted by atomic mass is 10.2. The largest absolute Gasteiger partial charge is 0.494 e. The second-order valence-corrected chi connectivity index (χ2v) is 9.02. The van der Waals surface area contributed by atoms with Gasteiger partial charge in [-0.3, -0.25) is 0 Å². The average Bonchev–Trinajstić information content (AvgIpc) is 3.12. The van der Waals surface area contributed by atoms with Crippen molar-refractivity contribution in [2.45, 2.75) is 24.9 Å². The summed E-state index contributed by atoms with van der Waals surface area (Å²) in [4.78, 5) is 9.18. The van der Waals surface area contributed by atoms with Gasteiger partial charge in [0.25, 0.3) is 0 Å². The highest BCUT2D eigenvalue weighted by Crippen LogP contribution is 2.19. The summed E-state index contributed by atoms with van der Waals surface area (Å²) in [5.74, 6) is 1.37. The van der Waals surface area contributed by atoms with Crippen molar-refractivity contribution >= 4 is 32.8 Å². The molecule has 0 saturated carbocycles. The molecule has 0 bridgehead atoms. The van der Waals surface area contributed by atoms with E-state index >= 15 is 0 Å². The quantitative estimate of drug-likeness (QED) is 0.433. The molecule has 0 radical (unpaired) electrons. The van der Waals surface area contributed by atoms with E-state index in [0.717, 1.165) is 11.3 Å². The Hall–Kier alpha value is -2.94. The highest BCUT2D eigenvalue weighted by Gasteiger charge is 2.17. The van der Waals surface area contributed by atoms with Gasteiger partial charge in [0.2, 0.25) is 10.0 Å². The minimum atomic E-state index is -3.71. The maximum Gasteiger partial charge on any atom is 0.240 e. The van der Waals surface area contributed by atoms with Crippen molar-refractivity contribution in [3.8, 4) is 5.75 Å². The standard InChI is InChI=1S/C22H21ClN4O3S/c1-2-30-18-9-5-16(6-10-18)15-27-21(26-20-4-3-13-24-22(20)27)14-25-31(28,29)19-11-7-17(23)8-12-19/h3-13,25H,2,14-15H2,1H3. The molecule has 2 heterocycles. The van der Waals surface area contributed by atoms with E-state index in [0.29, 0.717) is 35.2 Å². The summed E-state index contributed by atoms with van der Waals surface area (Å²) in [5.41, 5.74) is 2.42. The number of sulfonamides is 1. The van der Waals surface area contributed by atoms with Crippen LogP contribution >= 0.6 is 11.6 Å². The number of rotatable bonds is 8. The summed E-state index contributed by atoms with van der Waals surface area (Å²) in [6.45, 7) is 3.07. The van der Waals surface area contributed by atoms with Gasteiger partial charge in [-0.15, -0.1) is 0 Å². The summed E-state index contributed by atoms with van der Waals surface area (Å²) in [6, 6.07) is 17.4. The Bertz CT molecular complexity index is 1290. The lowest BCUT2D eigenvalue weighted by Crippen LogP contribution is -2.25. The molecule has 0 amide bonds. The highest BCUT2D eigenvalue weighted by atomic mass is 35.5. The zero-order chi connectivity index (χ0) is 21.8. The van der Waals surface area contributed by atoms with E-state index in [1.54, 1.807) is 24.4 Å². The number of hydrogen-bond acceptors (Lipinski definition) is 5. The first-order chi connectivity index (χ1) is 15.0. The van der Waals surface area contributed by atoms with E-state index in [1.807, 2.05) is 41.8 Å². The third-order valence-corrected chi connectivity index (χ3v) is 6.37. The molecule has 2 aromatic heterocycles. The van der Waals surface area contributed by atoms with E-state index in [-0.39, 0.29) is 11.4 Å². The number of halogens is 1. The van der Waals surface area contributed by atoms with Crippen molar-refractivity contribution in [2.24, 2.45) is 0 Å². The van der Waals surface area contributed by atoms with Gasteiger partial charge in [-0.25, -0.2) is 23.1 Å². The summed E-state index contributed by atoms with van der Waals surface area (Å²) in [7, 11) is -3.71. The molecule has 7 nitrogen and oxygen atoms in total. The van der Waals surface area contributed by atoms with Gasteiger partial charge >= 0.3 is 0 Å². The first-order valence-electron chi connectivity index (χ1n) is 9.73. The number of hydrogen-bond donors (Lipinski definition) is 1. The van der Waals surface area contributed by atoms with Crippen molar-refractivity contribution in [1.29, 1.82) is 0 Å². The Morgan fingerprint density at radius 1 is 1.06 bits per heavy atom. The Balaban J connectivity index is 1.61. The second kappa shape index (κ2) is 9.05. The van der Waals surface area contributed by atoms with Gasteiger partial charge in [0, 0.05) is 11.2 Å². The topological polar surface area (TPSA) is 86.1 Å². The molecule has 0 spiro atoms. The molecule has 0 aliphatic carbocycles. The lowest BCUT2D eigenvalue weighted by Gasteiger charge is -2.11. The van der Waals surface area contributed by atoms with Gasteiger partial charge in [0.1, 0.15) is 17.1 Å². The zero-order valence-electron chi connectivity index (χ0n) is 16.8. The number of benzene rings is 2. The fraction of sp³-hybridized carbons (Fsp3) is 0.182. The van der Waals surface area contributed by atoms with E-state index in [9.17, 15) is 8.42 Å². The number of imidazole rings is 1. The van der Waals surface area contributed by atoms with Gasteiger partial charge in [-0.05, 0) is 61.0 Å². The van der Waals surface area contributed by atoms with Crippen molar-refractivity contribution in [3.05, 3.63) is 83.3 Å². The van der Waals surface area contributed by atoms with Gasteiger partial charge in [-0.2, -0.15) is 0 Å². The van der Waals surface area contributed by atoms with Crippen LogP contribution in [0.2, 0.25) is 5.02 Å². The Morgan fingerprint density at radius 2 is 1.81 bits per heavy atom. The number of ether oxygens (including phenoxy) is 1.